The van der Waals surface area contributed by atoms with Crippen molar-refractivity contribution in [3.63, 3.8) is 0 Å². The number of nitrogens with one attached hydrogen (secondary N) is 1. The van der Waals surface area contributed by atoms with Crippen LogP contribution in [-0.4, -0.2) is 28.6 Å². The van der Waals surface area contributed by atoms with Crippen molar-refractivity contribution in [1.29, 1.82) is 0 Å². The maximum Gasteiger partial charge on any atom is 0.309 e. The SMILES string of the molecule is C[C@@H](N)CNc1ccc(CC(=O)O)nc1. The number of hydrogen-bond acceptors (Lipinski definition) is 4. The van der Waals surface area contributed by atoms with E-state index in [0.29, 0.717) is 12.2 Å². The Kier molecular flexibility index (Phi) is 4.05. The molecule has 0 aliphatic carbocycles. The van der Waals surface area contributed by atoms with Gasteiger partial charge in [-0.05, 0) is 19.1 Å². The van der Waals surface area contributed by atoms with Gasteiger partial charge in [-0.15, -0.1) is 0 Å². The molecule has 0 bridgehead atoms. The lowest BCUT2D eigenvalue weighted by Gasteiger charge is -2.08. The molecular weight excluding hydrogens is 194 g/mol. The quantitative estimate of drug-likeness (QED) is 0.656. The van der Waals surface area contributed by atoms with Crippen LogP contribution in [0.4, 0.5) is 5.69 Å². The molecule has 0 spiro atoms. The smallest absolute Gasteiger partial charge is 0.309 e. The first-order chi connectivity index (χ1) is 7.08. The van der Waals surface area contributed by atoms with E-state index in [9.17, 15) is 4.79 Å². The van der Waals surface area contributed by atoms with Crippen LogP contribution in [0.3, 0.4) is 0 Å². The molecule has 1 atom stereocenters. The zero-order valence-electron chi connectivity index (χ0n) is 8.60. The molecule has 0 saturated carbocycles. The summed E-state index contributed by atoms with van der Waals surface area (Å²) in [5.41, 5.74) is 6.97. The largest absolute Gasteiger partial charge is 0.481 e. The molecule has 4 N–H and O–H groups in total. The molecule has 0 aliphatic rings. The summed E-state index contributed by atoms with van der Waals surface area (Å²) in [6.45, 7) is 2.57. The number of carbonyl (C=O) groups is 1. The molecule has 0 radical (unpaired) electrons. The van der Waals surface area contributed by atoms with Gasteiger partial charge >= 0.3 is 5.97 Å². The molecule has 1 rings (SSSR count). The molecule has 5 heteroatoms. The Bertz CT molecular complexity index is 322. The fraction of sp³-hybridized carbons (Fsp3) is 0.400. The summed E-state index contributed by atoms with van der Waals surface area (Å²) in [6.07, 6.45) is 1.56. The second kappa shape index (κ2) is 5.31. The van der Waals surface area contributed by atoms with E-state index in [1.165, 1.54) is 0 Å². The molecule has 1 aromatic rings. The van der Waals surface area contributed by atoms with E-state index >= 15 is 0 Å². The van der Waals surface area contributed by atoms with Crippen LogP contribution < -0.4 is 11.1 Å². The van der Waals surface area contributed by atoms with Gasteiger partial charge in [-0.1, -0.05) is 0 Å². The van der Waals surface area contributed by atoms with Crippen LogP contribution in [0.25, 0.3) is 0 Å². The van der Waals surface area contributed by atoms with Crippen LogP contribution in [0.2, 0.25) is 0 Å². The van der Waals surface area contributed by atoms with Crippen molar-refractivity contribution in [2.24, 2.45) is 5.73 Å². The summed E-state index contributed by atoms with van der Waals surface area (Å²) in [4.78, 5) is 14.4. The number of aliphatic carboxylic acids is 1. The number of aromatic nitrogens is 1. The first-order valence-electron chi connectivity index (χ1n) is 4.74. The van der Waals surface area contributed by atoms with Gasteiger partial charge in [0.2, 0.25) is 0 Å². The number of carboxylic acids is 1. The summed E-state index contributed by atoms with van der Waals surface area (Å²) < 4.78 is 0. The standard InChI is InChI=1S/C10H15N3O2/c1-7(11)5-12-9-3-2-8(13-6-9)4-10(14)15/h2-3,6-7,12H,4-5,11H2,1H3,(H,14,15)/t7-/m1/s1. The van der Waals surface area contributed by atoms with Crippen molar-refractivity contribution in [3.05, 3.63) is 24.0 Å². The number of anilines is 1. The fourth-order valence-electron chi connectivity index (χ4n) is 1.07. The maximum absolute atomic E-state index is 10.4. The second-order valence-electron chi connectivity index (χ2n) is 3.47. The highest BCUT2D eigenvalue weighted by Crippen LogP contribution is 2.06. The van der Waals surface area contributed by atoms with E-state index < -0.39 is 5.97 Å². The maximum atomic E-state index is 10.4. The van der Waals surface area contributed by atoms with Gasteiger partial charge in [-0.2, -0.15) is 0 Å². The first kappa shape index (κ1) is 11.5. The van der Waals surface area contributed by atoms with Crippen molar-refractivity contribution >= 4 is 11.7 Å². The monoisotopic (exact) mass is 209 g/mol. The Morgan fingerprint density at radius 1 is 1.67 bits per heavy atom. The number of rotatable bonds is 5. The van der Waals surface area contributed by atoms with Crippen LogP contribution in [0.1, 0.15) is 12.6 Å². The number of pyridine rings is 1. The summed E-state index contributed by atoms with van der Waals surface area (Å²) in [5, 5.41) is 11.6. The van der Waals surface area contributed by atoms with Crippen molar-refractivity contribution in [1.82, 2.24) is 4.98 Å². The Balaban J connectivity index is 2.52. The third kappa shape index (κ3) is 4.42. The highest BCUT2D eigenvalue weighted by molar-refractivity contribution is 5.69. The van der Waals surface area contributed by atoms with Gasteiger partial charge in [0.15, 0.2) is 0 Å². The second-order valence-corrected chi connectivity index (χ2v) is 3.47. The zero-order chi connectivity index (χ0) is 11.3. The minimum Gasteiger partial charge on any atom is -0.481 e. The summed E-state index contributed by atoms with van der Waals surface area (Å²) in [7, 11) is 0. The number of hydrogen-bond donors (Lipinski definition) is 3. The molecular formula is C10H15N3O2. The van der Waals surface area contributed by atoms with E-state index in [4.69, 9.17) is 10.8 Å². The molecule has 0 aliphatic heterocycles. The Hall–Kier alpha value is -1.62. The minimum atomic E-state index is -0.876. The number of nitrogens with two attached hydrogens (primary N) is 1. The molecule has 1 heterocycles. The highest BCUT2D eigenvalue weighted by Gasteiger charge is 2.01. The predicted molar refractivity (Wildman–Crippen MR) is 57.7 cm³/mol. The van der Waals surface area contributed by atoms with Crippen LogP contribution in [0.15, 0.2) is 18.3 Å². The molecule has 0 aromatic carbocycles. The summed E-state index contributed by atoms with van der Waals surface area (Å²) >= 11 is 0. The lowest BCUT2D eigenvalue weighted by molar-refractivity contribution is -0.136. The van der Waals surface area contributed by atoms with Crippen molar-refractivity contribution in [2.45, 2.75) is 19.4 Å². The average molecular weight is 209 g/mol. The average Bonchev–Trinajstić information content (AvgIpc) is 2.16. The molecule has 5 nitrogen and oxygen atoms in total. The molecule has 1 aromatic heterocycles. The molecule has 0 amide bonds. The van der Waals surface area contributed by atoms with E-state index in [-0.39, 0.29) is 12.5 Å². The van der Waals surface area contributed by atoms with Crippen LogP contribution in [-0.2, 0) is 11.2 Å². The molecule has 0 unspecified atom stereocenters. The van der Waals surface area contributed by atoms with Gasteiger partial charge in [0.25, 0.3) is 0 Å². The lowest BCUT2D eigenvalue weighted by Crippen LogP contribution is -2.25. The highest BCUT2D eigenvalue weighted by atomic mass is 16.4. The Labute approximate surface area is 88.3 Å². The van der Waals surface area contributed by atoms with Crippen molar-refractivity contribution < 1.29 is 9.90 Å². The fourth-order valence-corrected chi connectivity index (χ4v) is 1.07. The van der Waals surface area contributed by atoms with Crippen LogP contribution >= 0.6 is 0 Å². The van der Waals surface area contributed by atoms with Gasteiger partial charge < -0.3 is 16.2 Å². The third-order valence-electron chi connectivity index (χ3n) is 1.79. The van der Waals surface area contributed by atoms with Gasteiger partial charge in [0.05, 0.1) is 24.0 Å². The molecule has 82 valence electrons. The predicted octanol–water partition coefficient (Wildman–Crippen LogP) is 0.468. The van der Waals surface area contributed by atoms with Crippen molar-refractivity contribution in [2.75, 3.05) is 11.9 Å². The third-order valence-corrected chi connectivity index (χ3v) is 1.79. The van der Waals surface area contributed by atoms with Crippen LogP contribution in [0, 0.1) is 0 Å². The van der Waals surface area contributed by atoms with E-state index in [1.807, 2.05) is 6.92 Å². The summed E-state index contributed by atoms with van der Waals surface area (Å²) in [6, 6.07) is 3.56. The van der Waals surface area contributed by atoms with Gasteiger partial charge in [-0.25, -0.2) is 0 Å². The normalized spacial score (nSPS) is 12.1. The Morgan fingerprint density at radius 3 is 2.87 bits per heavy atom. The number of nitrogens with zero attached hydrogens (tertiary/aromatic N) is 1. The van der Waals surface area contributed by atoms with E-state index in [0.717, 1.165) is 5.69 Å². The minimum absolute atomic E-state index is 0.0480. The summed E-state index contributed by atoms with van der Waals surface area (Å²) in [5.74, 6) is -0.876. The number of carboxylic acid groups (broad SMARTS) is 1. The van der Waals surface area contributed by atoms with Gasteiger partial charge in [0, 0.05) is 12.6 Å². The Morgan fingerprint density at radius 2 is 2.40 bits per heavy atom. The molecule has 0 saturated heterocycles. The van der Waals surface area contributed by atoms with Crippen LogP contribution in [0.5, 0.6) is 0 Å². The van der Waals surface area contributed by atoms with Crippen molar-refractivity contribution in [3.8, 4) is 0 Å². The molecule has 15 heavy (non-hydrogen) atoms. The first-order valence-corrected chi connectivity index (χ1v) is 4.74. The van der Waals surface area contributed by atoms with Gasteiger partial charge in [-0.3, -0.25) is 9.78 Å². The lowest BCUT2D eigenvalue weighted by atomic mass is 10.2. The topological polar surface area (TPSA) is 88.2 Å². The zero-order valence-corrected chi connectivity index (χ0v) is 8.60. The van der Waals surface area contributed by atoms with E-state index in [1.54, 1.807) is 18.3 Å². The molecule has 0 fully saturated rings. The van der Waals surface area contributed by atoms with Gasteiger partial charge in [0.1, 0.15) is 0 Å². The van der Waals surface area contributed by atoms with E-state index in [2.05, 4.69) is 10.3 Å².